The van der Waals surface area contributed by atoms with Gasteiger partial charge >= 0.3 is 0 Å². The number of furan rings is 1. The van der Waals surface area contributed by atoms with Crippen LogP contribution in [0, 0.1) is 0 Å². The van der Waals surface area contributed by atoms with E-state index in [1.54, 1.807) is 0 Å². The molecule has 0 radical (unpaired) electrons. The van der Waals surface area contributed by atoms with Gasteiger partial charge in [0.2, 0.25) is 0 Å². The number of anilines is 3. The van der Waals surface area contributed by atoms with E-state index in [4.69, 9.17) is 4.42 Å². The minimum atomic E-state index is -0.472. The van der Waals surface area contributed by atoms with Gasteiger partial charge in [0.15, 0.2) is 0 Å². The molecule has 2 nitrogen and oxygen atoms in total. The molecule has 0 bridgehead atoms. The molecule has 13 rings (SSSR count). The van der Waals surface area contributed by atoms with E-state index in [1.165, 1.54) is 55.6 Å². The van der Waals surface area contributed by atoms with E-state index in [0.29, 0.717) is 0 Å². The first-order chi connectivity index (χ1) is 34.2. The van der Waals surface area contributed by atoms with Crippen LogP contribution in [-0.2, 0) is 5.41 Å². The summed E-state index contributed by atoms with van der Waals surface area (Å²) in [5, 5.41) is 2.23. The van der Waals surface area contributed by atoms with Crippen molar-refractivity contribution in [3.8, 4) is 55.6 Å². The Labute approximate surface area is 402 Å². The lowest BCUT2D eigenvalue weighted by atomic mass is 9.68. The Morgan fingerprint density at radius 2 is 0.739 bits per heavy atom. The normalized spacial score (nSPS) is 12.5. The molecule has 0 saturated heterocycles. The van der Waals surface area contributed by atoms with Crippen LogP contribution in [0.25, 0.3) is 77.6 Å². The van der Waals surface area contributed by atoms with Gasteiger partial charge in [0.25, 0.3) is 0 Å². The smallest absolute Gasteiger partial charge is 0.143 e. The van der Waals surface area contributed by atoms with Gasteiger partial charge in [-0.15, -0.1) is 0 Å². The summed E-state index contributed by atoms with van der Waals surface area (Å²) in [4.78, 5) is 2.40. The molecule has 0 amide bonds. The molecule has 1 aliphatic rings. The van der Waals surface area contributed by atoms with Gasteiger partial charge in [0, 0.05) is 33.4 Å². The van der Waals surface area contributed by atoms with Gasteiger partial charge in [-0.05, 0) is 127 Å². The highest BCUT2D eigenvalue weighted by atomic mass is 16.3. The highest BCUT2D eigenvalue weighted by Crippen LogP contribution is 2.57. The highest BCUT2D eigenvalue weighted by Gasteiger charge is 2.46. The zero-order valence-corrected chi connectivity index (χ0v) is 37.8. The van der Waals surface area contributed by atoms with Crippen molar-refractivity contribution in [3.63, 3.8) is 0 Å². The fourth-order valence-corrected chi connectivity index (χ4v) is 11.0. The molecule has 11 aromatic carbocycles. The quantitative estimate of drug-likeness (QED) is 0.144. The van der Waals surface area contributed by atoms with Gasteiger partial charge < -0.3 is 9.32 Å². The monoisotopic (exact) mass is 879 g/mol. The molecule has 0 saturated carbocycles. The lowest BCUT2D eigenvalue weighted by Gasteiger charge is -2.34. The molecule has 69 heavy (non-hydrogen) atoms. The first-order valence-corrected chi connectivity index (χ1v) is 23.7. The Morgan fingerprint density at radius 3 is 1.38 bits per heavy atom. The molecule has 0 aliphatic heterocycles. The lowest BCUT2D eigenvalue weighted by Crippen LogP contribution is -2.28. The number of fused-ring (bicyclic) bond motifs is 6. The SMILES string of the molecule is c1ccc(-c2cccc(-c3ccc(N(c4ccc(-c5ccc6oc7c(-c8ccccc8)cccc7c6c5)cc4)c4ccc5c(c4)-c4ccccc4C5(c4ccccc4)c4ccccc4)cc3)c2)cc1. The average Bonchev–Trinajstić information content (AvgIpc) is 3.96. The molecule has 0 N–H and O–H groups in total. The third-order valence-electron chi connectivity index (χ3n) is 14.2. The number of hydrogen-bond donors (Lipinski definition) is 0. The summed E-state index contributed by atoms with van der Waals surface area (Å²) in [5.74, 6) is 0. The second kappa shape index (κ2) is 16.7. The van der Waals surface area contributed by atoms with Crippen LogP contribution in [0.15, 0.2) is 277 Å². The highest BCUT2D eigenvalue weighted by molar-refractivity contribution is 6.10. The predicted molar refractivity (Wildman–Crippen MR) is 287 cm³/mol. The van der Waals surface area contributed by atoms with Crippen LogP contribution >= 0.6 is 0 Å². The van der Waals surface area contributed by atoms with E-state index < -0.39 is 5.41 Å². The lowest BCUT2D eigenvalue weighted by molar-refractivity contribution is 0.670. The van der Waals surface area contributed by atoms with Gasteiger partial charge in [0.05, 0.1) is 5.41 Å². The number of hydrogen-bond acceptors (Lipinski definition) is 2. The fraction of sp³-hybridized carbons (Fsp3) is 0.0149. The Bertz CT molecular complexity index is 3760. The Morgan fingerprint density at radius 1 is 0.275 bits per heavy atom. The Balaban J connectivity index is 0.933. The fourth-order valence-electron chi connectivity index (χ4n) is 11.0. The summed E-state index contributed by atoms with van der Waals surface area (Å²) in [5.41, 5.74) is 21.5. The van der Waals surface area contributed by atoms with Crippen LogP contribution in [0.3, 0.4) is 0 Å². The van der Waals surface area contributed by atoms with Gasteiger partial charge in [-0.2, -0.15) is 0 Å². The van der Waals surface area contributed by atoms with Crippen molar-refractivity contribution in [1.82, 2.24) is 0 Å². The van der Waals surface area contributed by atoms with Crippen LogP contribution in [0.5, 0.6) is 0 Å². The molecule has 0 atom stereocenters. The van der Waals surface area contributed by atoms with E-state index in [1.807, 2.05) is 0 Å². The van der Waals surface area contributed by atoms with E-state index in [0.717, 1.165) is 61.3 Å². The first kappa shape index (κ1) is 40.3. The average molecular weight is 880 g/mol. The maximum absolute atomic E-state index is 6.55. The van der Waals surface area contributed by atoms with E-state index in [2.05, 4.69) is 278 Å². The van der Waals surface area contributed by atoms with Crippen LogP contribution in [-0.4, -0.2) is 0 Å². The zero-order chi connectivity index (χ0) is 45.7. The molecule has 2 heteroatoms. The first-order valence-electron chi connectivity index (χ1n) is 23.7. The van der Waals surface area contributed by atoms with Crippen LogP contribution in [0.1, 0.15) is 22.3 Å². The van der Waals surface area contributed by atoms with Crippen molar-refractivity contribution in [2.24, 2.45) is 0 Å². The summed E-state index contributed by atoms with van der Waals surface area (Å²) in [6, 6.07) is 99.1. The topological polar surface area (TPSA) is 16.4 Å². The third kappa shape index (κ3) is 6.80. The summed E-state index contributed by atoms with van der Waals surface area (Å²) < 4.78 is 6.55. The second-order valence-corrected chi connectivity index (χ2v) is 18.0. The number of nitrogens with zero attached hydrogens (tertiary/aromatic N) is 1. The van der Waals surface area contributed by atoms with Crippen LogP contribution in [0.2, 0.25) is 0 Å². The van der Waals surface area contributed by atoms with Crippen molar-refractivity contribution >= 4 is 39.0 Å². The molecule has 1 aliphatic carbocycles. The molecular formula is C67H45NO. The summed E-state index contributed by atoms with van der Waals surface area (Å²) >= 11 is 0. The molecular weight excluding hydrogens is 835 g/mol. The molecule has 324 valence electrons. The van der Waals surface area contributed by atoms with Crippen molar-refractivity contribution in [2.75, 3.05) is 4.90 Å². The van der Waals surface area contributed by atoms with Gasteiger partial charge in [-0.1, -0.05) is 218 Å². The minimum Gasteiger partial charge on any atom is -0.455 e. The maximum Gasteiger partial charge on any atom is 0.143 e. The minimum absolute atomic E-state index is 0.472. The Kier molecular flexibility index (Phi) is 9.77. The molecule has 0 fully saturated rings. The number of para-hydroxylation sites is 1. The summed E-state index contributed by atoms with van der Waals surface area (Å²) in [7, 11) is 0. The second-order valence-electron chi connectivity index (χ2n) is 18.0. The molecule has 0 unspecified atom stereocenters. The standard InChI is InChI=1S/C67H45NO/c1-5-17-46(18-6-1)50-21-15-22-51(43-50)47-31-36-55(37-32-47)68(56-38-33-48(34-39-56)52-35-42-65-62(44-52)60-29-16-28-58(66(60)69-65)49-19-7-2-8-20-49)57-40-41-64-61(45-57)59-27-13-14-30-63(59)67(64,53-23-9-3-10-24-53)54-25-11-4-12-26-54/h1-45H. The number of rotatable bonds is 9. The molecule has 12 aromatic rings. The zero-order valence-electron chi connectivity index (χ0n) is 37.8. The predicted octanol–water partition coefficient (Wildman–Crippen LogP) is 18.1. The van der Waals surface area contributed by atoms with Crippen LogP contribution < -0.4 is 4.90 Å². The van der Waals surface area contributed by atoms with Crippen molar-refractivity contribution in [3.05, 3.63) is 295 Å². The largest absolute Gasteiger partial charge is 0.455 e. The summed E-state index contributed by atoms with van der Waals surface area (Å²) in [6.45, 7) is 0. The third-order valence-corrected chi connectivity index (χ3v) is 14.2. The maximum atomic E-state index is 6.55. The van der Waals surface area contributed by atoms with E-state index in [9.17, 15) is 0 Å². The molecule has 0 spiro atoms. The number of benzene rings is 11. The van der Waals surface area contributed by atoms with E-state index in [-0.39, 0.29) is 0 Å². The van der Waals surface area contributed by atoms with Gasteiger partial charge in [0.1, 0.15) is 11.2 Å². The van der Waals surface area contributed by atoms with Crippen molar-refractivity contribution in [2.45, 2.75) is 5.41 Å². The van der Waals surface area contributed by atoms with Gasteiger partial charge in [-0.25, -0.2) is 0 Å². The van der Waals surface area contributed by atoms with Gasteiger partial charge in [-0.3, -0.25) is 0 Å². The molecule has 1 heterocycles. The molecule has 1 aromatic heterocycles. The van der Waals surface area contributed by atoms with Crippen LogP contribution in [0.4, 0.5) is 17.1 Å². The Hall–Kier alpha value is -8.98. The van der Waals surface area contributed by atoms with E-state index >= 15 is 0 Å². The van der Waals surface area contributed by atoms with Crippen molar-refractivity contribution < 1.29 is 4.42 Å². The van der Waals surface area contributed by atoms with Crippen molar-refractivity contribution in [1.29, 1.82) is 0 Å². The summed E-state index contributed by atoms with van der Waals surface area (Å²) in [6.07, 6.45) is 0.